The van der Waals surface area contributed by atoms with Crippen molar-refractivity contribution in [2.45, 2.75) is 51.0 Å². The van der Waals surface area contributed by atoms with Gasteiger partial charge in [0, 0.05) is 81.0 Å². The van der Waals surface area contributed by atoms with Gasteiger partial charge in [0.2, 0.25) is 11.8 Å². The van der Waals surface area contributed by atoms with Crippen LogP contribution in [0.2, 0.25) is 10.0 Å². The van der Waals surface area contributed by atoms with Crippen LogP contribution in [-0.2, 0) is 33.5 Å². The summed E-state index contributed by atoms with van der Waals surface area (Å²) in [4.78, 5) is 31.9. The first-order chi connectivity index (χ1) is 19.5. The number of ether oxygens (including phenoxy) is 1. The van der Waals surface area contributed by atoms with Gasteiger partial charge in [-0.05, 0) is 54.8 Å². The van der Waals surface area contributed by atoms with Crippen LogP contribution in [0.4, 0.5) is 18.9 Å². The Hall–Kier alpha value is -2.53. The Morgan fingerprint density at radius 1 is 1.05 bits per heavy atom. The molecule has 2 atom stereocenters. The molecular weight excluding hydrogens is 580 g/mol. The van der Waals surface area contributed by atoms with Crippen molar-refractivity contribution in [1.29, 1.82) is 0 Å². The van der Waals surface area contributed by atoms with Crippen LogP contribution in [0.25, 0.3) is 0 Å². The Balaban J connectivity index is 1.49. The third-order valence-corrected chi connectivity index (χ3v) is 8.18. The number of amides is 2. The maximum atomic E-state index is 13.8. The van der Waals surface area contributed by atoms with E-state index in [1.165, 1.54) is 12.1 Å². The normalized spacial score (nSPS) is 17.7. The average molecular weight is 616 g/mol. The Labute approximate surface area is 248 Å². The molecule has 2 fully saturated rings. The van der Waals surface area contributed by atoms with Gasteiger partial charge in [-0.1, -0.05) is 29.3 Å². The highest BCUT2D eigenvalue weighted by molar-refractivity contribution is 6.35. The molecule has 2 unspecified atom stereocenters. The van der Waals surface area contributed by atoms with Gasteiger partial charge in [-0.2, -0.15) is 13.2 Å². The van der Waals surface area contributed by atoms with E-state index in [-0.39, 0.29) is 30.8 Å². The number of alkyl halides is 3. The van der Waals surface area contributed by atoms with Crippen molar-refractivity contribution in [3.8, 4) is 0 Å². The van der Waals surface area contributed by atoms with Crippen LogP contribution in [0.1, 0.15) is 36.5 Å². The molecule has 2 amide bonds. The van der Waals surface area contributed by atoms with Crippen molar-refractivity contribution in [1.82, 2.24) is 15.1 Å². The lowest BCUT2D eigenvalue weighted by Gasteiger charge is -2.40. The fourth-order valence-electron chi connectivity index (χ4n) is 5.41. The molecule has 41 heavy (non-hydrogen) atoms. The van der Waals surface area contributed by atoms with E-state index in [4.69, 9.17) is 27.9 Å². The second-order valence-electron chi connectivity index (χ2n) is 10.5. The Bertz CT molecular complexity index is 1240. The van der Waals surface area contributed by atoms with Gasteiger partial charge in [0.1, 0.15) is 6.04 Å². The highest BCUT2D eigenvalue weighted by atomic mass is 35.5. The number of halogens is 5. The fraction of sp³-hybridized carbons (Fsp3) is 0.517. The van der Waals surface area contributed by atoms with Gasteiger partial charge >= 0.3 is 6.18 Å². The number of nitrogens with one attached hydrogen (secondary N) is 1. The molecule has 0 bridgehead atoms. The van der Waals surface area contributed by atoms with Gasteiger partial charge in [0.25, 0.3) is 0 Å². The molecule has 0 aliphatic carbocycles. The second-order valence-corrected chi connectivity index (χ2v) is 11.4. The molecular formula is C29H35Cl2F3N4O3. The number of piperazine rings is 1. The summed E-state index contributed by atoms with van der Waals surface area (Å²) >= 11 is 12.5. The maximum absolute atomic E-state index is 13.8. The number of nitrogens with zero attached hydrogens (tertiary/aromatic N) is 3. The van der Waals surface area contributed by atoms with Crippen LogP contribution < -0.4 is 10.2 Å². The molecule has 224 valence electrons. The van der Waals surface area contributed by atoms with Gasteiger partial charge in [-0.25, -0.2) is 0 Å². The van der Waals surface area contributed by atoms with Crippen LogP contribution in [0.15, 0.2) is 36.4 Å². The highest BCUT2D eigenvalue weighted by Gasteiger charge is 2.37. The van der Waals surface area contributed by atoms with E-state index >= 15 is 0 Å². The number of rotatable bonds is 10. The minimum Gasteiger partial charge on any atom is -0.383 e. The monoisotopic (exact) mass is 614 g/mol. The molecule has 2 aromatic rings. The zero-order chi connectivity index (χ0) is 29.7. The van der Waals surface area contributed by atoms with Crippen LogP contribution in [0, 0.1) is 0 Å². The molecule has 0 spiro atoms. The number of benzene rings is 2. The van der Waals surface area contributed by atoms with Crippen molar-refractivity contribution in [3.63, 3.8) is 0 Å². The quantitative estimate of drug-likeness (QED) is 0.407. The van der Waals surface area contributed by atoms with E-state index in [2.05, 4.69) is 5.32 Å². The number of methoxy groups -OCH3 is 1. The highest BCUT2D eigenvalue weighted by Crippen LogP contribution is 2.34. The molecule has 2 saturated heterocycles. The molecule has 0 saturated carbocycles. The zero-order valence-electron chi connectivity index (χ0n) is 23.1. The van der Waals surface area contributed by atoms with Gasteiger partial charge in [-0.3, -0.25) is 9.59 Å². The fourth-order valence-corrected chi connectivity index (χ4v) is 5.89. The van der Waals surface area contributed by atoms with E-state index < -0.39 is 17.8 Å². The third-order valence-electron chi connectivity index (χ3n) is 7.60. The molecule has 4 rings (SSSR count). The summed E-state index contributed by atoms with van der Waals surface area (Å²) in [5, 5.41) is 4.15. The first-order valence-electron chi connectivity index (χ1n) is 13.7. The summed E-state index contributed by atoms with van der Waals surface area (Å²) in [6, 6.07) is 8.16. The Morgan fingerprint density at radius 3 is 2.39 bits per heavy atom. The number of hydrogen-bond acceptors (Lipinski definition) is 5. The SMILES string of the molecule is COCC(C)NCc1cc(C(F)(F)F)ccc1N1CCN(C(=O)C(Cc2ccc(Cl)cc2Cl)N2CCCC2=O)CC1. The number of hydrogen-bond donors (Lipinski definition) is 1. The van der Waals surface area contributed by atoms with Gasteiger partial charge < -0.3 is 24.8 Å². The van der Waals surface area contributed by atoms with Gasteiger partial charge in [0.15, 0.2) is 0 Å². The zero-order valence-corrected chi connectivity index (χ0v) is 24.7. The summed E-state index contributed by atoms with van der Waals surface area (Å²) in [5.41, 5.74) is 1.25. The smallest absolute Gasteiger partial charge is 0.383 e. The summed E-state index contributed by atoms with van der Waals surface area (Å²) < 4.78 is 45.6. The van der Waals surface area contributed by atoms with Crippen molar-refractivity contribution < 1.29 is 27.5 Å². The summed E-state index contributed by atoms with van der Waals surface area (Å²) in [6.45, 7) is 4.71. The van der Waals surface area contributed by atoms with Gasteiger partial charge in [-0.15, -0.1) is 0 Å². The number of anilines is 1. The lowest BCUT2D eigenvalue weighted by Crippen LogP contribution is -2.56. The van der Waals surface area contributed by atoms with Crippen molar-refractivity contribution in [2.24, 2.45) is 0 Å². The minimum atomic E-state index is -4.45. The van der Waals surface area contributed by atoms with E-state index in [9.17, 15) is 22.8 Å². The van der Waals surface area contributed by atoms with Crippen LogP contribution in [-0.4, -0.2) is 80.1 Å². The van der Waals surface area contributed by atoms with Crippen LogP contribution in [0.3, 0.4) is 0 Å². The molecule has 0 radical (unpaired) electrons. The molecule has 2 heterocycles. The van der Waals surface area contributed by atoms with Crippen LogP contribution >= 0.6 is 23.2 Å². The summed E-state index contributed by atoms with van der Waals surface area (Å²) in [5.74, 6) is -0.217. The van der Waals surface area contributed by atoms with Crippen molar-refractivity contribution >= 4 is 40.7 Å². The first-order valence-corrected chi connectivity index (χ1v) is 14.4. The summed E-state index contributed by atoms with van der Waals surface area (Å²) in [7, 11) is 1.57. The predicted molar refractivity (Wildman–Crippen MR) is 153 cm³/mol. The number of carbonyl (C=O) groups is 2. The van der Waals surface area contributed by atoms with Gasteiger partial charge in [0.05, 0.1) is 12.2 Å². The minimum absolute atomic E-state index is 0.0452. The predicted octanol–water partition coefficient (Wildman–Crippen LogP) is 5.02. The average Bonchev–Trinajstić information content (AvgIpc) is 3.36. The van der Waals surface area contributed by atoms with Crippen LogP contribution in [0.5, 0.6) is 0 Å². The second kappa shape index (κ2) is 13.6. The van der Waals surface area contributed by atoms with E-state index in [1.807, 2.05) is 11.8 Å². The van der Waals surface area contributed by atoms with E-state index in [1.54, 1.807) is 35.1 Å². The lowest BCUT2D eigenvalue weighted by atomic mass is 10.0. The molecule has 2 aliphatic heterocycles. The largest absolute Gasteiger partial charge is 0.416 e. The van der Waals surface area contributed by atoms with E-state index in [0.29, 0.717) is 73.5 Å². The third kappa shape index (κ3) is 7.85. The molecule has 7 nitrogen and oxygen atoms in total. The van der Waals surface area contributed by atoms with E-state index in [0.717, 1.165) is 11.6 Å². The Morgan fingerprint density at radius 2 is 1.78 bits per heavy atom. The Kier molecular flexibility index (Phi) is 10.4. The maximum Gasteiger partial charge on any atom is 0.416 e. The standard InChI is InChI=1S/C29H35Cl2F3N4O3/c1-19(18-41-2)35-17-21-14-22(29(32,33)34)6-8-25(21)36-10-12-37(13-11-36)28(40)26(38-9-3-4-27(38)39)15-20-5-7-23(30)16-24(20)31/h5-8,14,16,19,26,35H,3-4,9-13,15,17-18H2,1-2H3. The summed E-state index contributed by atoms with van der Waals surface area (Å²) in [6.07, 6.45) is -3.08. The molecule has 2 aromatic carbocycles. The molecule has 12 heteroatoms. The molecule has 2 aliphatic rings. The number of likely N-dealkylation sites (tertiary alicyclic amines) is 1. The lowest BCUT2D eigenvalue weighted by molar-refractivity contribution is -0.143. The first kappa shape index (κ1) is 31.4. The number of carbonyl (C=O) groups excluding carboxylic acids is 2. The molecule has 1 N–H and O–H groups in total. The topological polar surface area (TPSA) is 65.1 Å². The van der Waals surface area contributed by atoms with Crippen molar-refractivity contribution in [3.05, 3.63) is 63.1 Å². The molecule has 0 aromatic heterocycles. The van der Waals surface area contributed by atoms with Crippen molar-refractivity contribution in [2.75, 3.05) is 51.3 Å².